The summed E-state index contributed by atoms with van der Waals surface area (Å²) in [5, 5.41) is 0. The fourth-order valence-electron chi connectivity index (χ4n) is 2.90. The second-order valence-electron chi connectivity index (χ2n) is 7.66. The Hall–Kier alpha value is -1.58. The summed E-state index contributed by atoms with van der Waals surface area (Å²) in [7, 11) is 0. The van der Waals surface area contributed by atoms with E-state index in [1.54, 1.807) is 6.92 Å². The lowest BCUT2D eigenvalue weighted by Crippen LogP contribution is -2.06. The summed E-state index contributed by atoms with van der Waals surface area (Å²) < 4.78 is 9.93. The van der Waals surface area contributed by atoms with Crippen LogP contribution in [0.1, 0.15) is 104 Å². The van der Waals surface area contributed by atoms with Gasteiger partial charge in [-0.3, -0.25) is 0 Å². The second kappa shape index (κ2) is 20.2. The van der Waals surface area contributed by atoms with Gasteiger partial charge in [-0.2, -0.15) is 0 Å². The normalized spacial score (nSPS) is 10.9. The van der Waals surface area contributed by atoms with Crippen LogP contribution in [-0.4, -0.2) is 25.2 Å². The van der Waals surface area contributed by atoms with Crippen LogP contribution in [0.25, 0.3) is 0 Å². The monoisotopic (exact) mass is 394 g/mol. The molecule has 0 atom stereocenters. The molecule has 0 spiro atoms. The van der Waals surface area contributed by atoms with Crippen molar-refractivity contribution in [3.05, 3.63) is 24.3 Å². The molecule has 0 saturated heterocycles. The van der Waals surface area contributed by atoms with Gasteiger partial charge in [0.25, 0.3) is 0 Å². The average molecular weight is 395 g/mol. The molecular formula is C24H42O4. The van der Waals surface area contributed by atoms with Gasteiger partial charge in [0.1, 0.15) is 6.61 Å². The molecule has 0 aromatic carbocycles. The van der Waals surface area contributed by atoms with Gasteiger partial charge in [0.05, 0.1) is 6.61 Å². The highest BCUT2D eigenvalue weighted by Gasteiger charge is 2.01. The van der Waals surface area contributed by atoms with Crippen LogP contribution < -0.4 is 0 Å². The Bertz CT molecular complexity index is 440. The van der Waals surface area contributed by atoms with Crippen LogP contribution in [-0.2, 0) is 19.1 Å². The molecule has 28 heavy (non-hydrogen) atoms. The molecule has 0 unspecified atom stereocenters. The van der Waals surface area contributed by atoms with Crippen molar-refractivity contribution in [1.82, 2.24) is 0 Å². The third kappa shape index (κ3) is 20.7. The van der Waals surface area contributed by atoms with E-state index < -0.39 is 11.9 Å². The van der Waals surface area contributed by atoms with E-state index in [0.717, 1.165) is 30.6 Å². The van der Waals surface area contributed by atoms with Crippen LogP contribution in [0, 0.1) is 0 Å². The standard InChI is InChI=1S/C24H42O4/c1-4-5-6-7-8-9-10-11-12-13-14-15-16-17-20-27-23(25)18-19-24(26)28-21-22(2)3/h18-19H,2,4-17,20-21H2,1,3H3/b19-18+. The van der Waals surface area contributed by atoms with E-state index in [4.69, 9.17) is 9.47 Å². The lowest BCUT2D eigenvalue weighted by atomic mass is 10.0. The molecule has 0 rings (SSSR count). The number of esters is 2. The quantitative estimate of drug-likeness (QED) is 0.106. The number of rotatable bonds is 19. The fourth-order valence-corrected chi connectivity index (χ4v) is 2.90. The van der Waals surface area contributed by atoms with Gasteiger partial charge in [0.15, 0.2) is 0 Å². The van der Waals surface area contributed by atoms with Crippen LogP contribution in [0.3, 0.4) is 0 Å². The summed E-state index contributed by atoms with van der Waals surface area (Å²) in [4.78, 5) is 22.8. The minimum Gasteiger partial charge on any atom is -0.463 e. The first kappa shape index (κ1) is 26.4. The van der Waals surface area contributed by atoms with Crippen LogP contribution in [0.4, 0.5) is 0 Å². The van der Waals surface area contributed by atoms with E-state index in [1.807, 2.05) is 0 Å². The number of ether oxygens (including phenoxy) is 2. The predicted molar refractivity (Wildman–Crippen MR) is 116 cm³/mol. The fraction of sp³-hybridized carbons (Fsp3) is 0.750. The van der Waals surface area contributed by atoms with Gasteiger partial charge in [-0.05, 0) is 18.9 Å². The molecule has 0 aliphatic rings. The van der Waals surface area contributed by atoms with Gasteiger partial charge >= 0.3 is 11.9 Å². The SMILES string of the molecule is C=C(C)COC(=O)/C=C/C(=O)OCCCCCCCCCCCCCCCC. The Labute approximate surface area is 172 Å². The minimum atomic E-state index is -0.559. The minimum absolute atomic E-state index is 0.164. The highest BCUT2D eigenvalue weighted by Crippen LogP contribution is 2.12. The van der Waals surface area contributed by atoms with Gasteiger partial charge in [0, 0.05) is 12.2 Å². The number of carbonyl (C=O) groups is 2. The molecule has 0 aromatic heterocycles. The largest absolute Gasteiger partial charge is 0.463 e. The van der Waals surface area contributed by atoms with Crippen molar-refractivity contribution in [3.63, 3.8) is 0 Å². The number of carbonyl (C=O) groups excluding carboxylic acids is 2. The topological polar surface area (TPSA) is 52.6 Å². The number of hydrogen-bond donors (Lipinski definition) is 0. The zero-order chi connectivity index (χ0) is 20.9. The maximum absolute atomic E-state index is 11.5. The summed E-state index contributed by atoms with van der Waals surface area (Å²) in [6, 6.07) is 0. The van der Waals surface area contributed by atoms with Crippen LogP contribution in [0.2, 0.25) is 0 Å². The Morgan fingerprint density at radius 2 is 1.07 bits per heavy atom. The molecular weight excluding hydrogens is 352 g/mol. The Morgan fingerprint density at radius 3 is 1.50 bits per heavy atom. The summed E-state index contributed by atoms with van der Waals surface area (Å²) in [6.07, 6.45) is 20.4. The van der Waals surface area contributed by atoms with Gasteiger partial charge < -0.3 is 9.47 Å². The van der Waals surface area contributed by atoms with Crippen LogP contribution in [0.5, 0.6) is 0 Å². The Kier molecular flexibility index (Phi) is 19.0. The molecule has 0 amide bonds. The Balaban J connectivity index is 3.33. The van der Waals surface area contributed by atoms with E-state index in [9.17, 15) is 9.59 Å². The van der Waals surface area contributed by atoms with Gasteiger partial charge in [0.2, 0.25) is 0 Å². The van der Waals surface area contributed by atoms with Crippen molar-refractivity contribution in [3.8, 4) is 0 Å². The van der Waals surface area contributed by atoms with Crippen molar-refractivity contribution >= 4 is 11.9 Å². The Morgan fingerprint density at radius 1 is 0.679 bits per heavy atom. The lowest BCUT2D eigenvalue weighted by Gasteiger charge is -2.04. The van der Waals surface area contributed by atoms with Gasteiger partial charge in [-0.15, -0.1) is 0 Å². The molecule has 0 radical (unpaired) electrons. The molecule has 4 nitrogen and oxygen atoms in total. The summed E-state index contributed by atoms with van der Waals surface area (Å²) in [5.41, 5.74) is 0.752. The van der Waals surface area contributed by atoms with Crippen molar-refractivity contribution < 1.29 is 19.1 Å². The predicted octanol–water partition coefficient (Wildman–Crippen LogP) is 6.69. The third-order valence-electron chi connectivity index (χ3n) is 4.56. The second-order valence-corrected chi connectivity index (χ2v) is 7.66. The molecule has 0 heterocycles. The first-order valence-electron chi connectivity index (χ1n) is 11.2. The maximum atomic E-state index is 11.5. The van der Waals surface area contributed by atoms with Crippen LogP contribution in [0.15, 0.2) is 24.3 Å². The van der Waals surface area contributed by atoms with E-state index in [2.05, 4.69) is 13.5 Å². The summed E-state index contributed by atoms with van der Waals surface area (Å²) >= 11 is 0. The zero-order valence-corrected chi connectivity index (χ0v) is 18.3. The third-order valence-corrected chi connectivity index (χ3v) is 4.56. The number of hydrogen-bond acceptors (Lipinski definition) is 4. The van der Waals surface area contributed by atoms with E-state index in [-0.39, 0.29) is 6.61 Å². The molecule has 0 saturated carbocycles. The smallest absolute Gasteiger partial charge is 0.331 e. The first-order valence-corrected chi connectivity index (χ1v) is 11.2. The highest BCUT2D eigenvalue weighted by molar-refractivity contribution is 5.91. The molecule has 0 fully saturated rings. The van der Waals surface area contributed by atoms with Gasteiger partial charge in [-0.1, -0.05) is 97.0 Å². The number of unbranched alkanes of at least 4 members (excludes halogenated alkanes) is 13. The highest BCUT2D eigenvalue weighted by atomic mass is 16.5. The molecule has 0 bridgehead atoms. The molecule has 0 aliphatic heterocycles. The molecule has 4 heteroatoms. The van der Waals surface area contributed by atoms with Crippen molar-refractivity contribution in [2.75, 3.05) is 13.2 Å². The molecule has 0 aliphatic carbocycles. The zero-order valence-electron chi connectivity index (χ0n) is 18.3. The maximum Gasteiger partial charge on any atom is 0.331 e. The average Bonchev–Trinajstić information content (AvgIpc) is 2.67. The summed E-state index contributed by atoms with van der Waals surface area (Å²) in [6.45, 7) is 8.23. The van der Waals surface area contributed by atoms with E-state index in [1.165, 1.54) is 77.0 Å². The lowest BCUT2D eigenvalue weighted by molar-refractivity contribution is -0.140. The molecule has 0 N–H and O–H groups in total. The molecule has 162 valence electrons. The van der Waals surface area contributed by atoms with Crippen LogP contribution >= 0.6 is 0 Å². The molecule has 0 aromatic rings. The van der Waals surface area contributed by atoms with Crippen molar-refractivity contribution in [1.29, 1.82) is 0 Å². The van der Waals surface area contributed by atoms with Crippen molar-refractivity contribution in [2.45, 2.75) is 104 Å². The van der Waals surface area contributed by atoms with Gasteiger partial charge in [-0.25, -0.2) is 9.59 Å². The summed E-state index contributed by atoms with van der Waals surface area (Å²) in [5.74, 6) is -1.06. The first-order chi connectivity index (χ1) is 13.6. The van der Waals surface area contributed by atoms with E-state index in [0.29, 0.717) is 6.61 Å². The van der Waals surface area contributed by atoms with E-state index >= 15 is 0 Å². The van der Waals surface area contributed by atoms with Crippen molar-refractivity contribution in [2.24, 2.45) is 0 Å².